The summed E-state index contributed by atoms with van der Waals surface area (Å²) >= 11 is 0. The molecule has 9 nitrogen and oxygen atoms in total. The Morgan fingerprint density at radius 3 is 2.44 bits per heavy atom. The van der Waals surface area contributed by atoms with Gasteiger partial charge in [-0.25, -0.2) is 9.59 Å². The standard InChI is InChI=1S/C12H17N3O2.C4H4O4/c1-8-9-4-7-16-17-11(9)3-2-10(8)15-12-13-5-6-14-12;5-3(6)1-2-4(7)8/h2-3,12-15H,4-7H2,1H3;1-2H,(H,5,6)(H,7,8)/b;2-1+. The fourth-order valence-electron chi connectivity index (χ4n) is 2.43. The van der Waals surface area contributed by atoms with Gasteiger partial charge in [-0.2, -0.15) is 4.89 Å². The molecule has 1 saturated heterocycles. The average Bonchev–Trinajstić information content (AvgIpc) is 3.09. The Hall–Kier alpha value is -2.62. The number of fused-ring (bicyclic) bond motifs is 1. The molecule has 0 aliphatic carbocycles. The summed E-state index contributed by atoms with van der Waals surface area (Å²) in [6.45, 7) is 4.74. The molecule has 2 aliphatic rings. The highest BCUT2D eigenvalue weighted by atomic mass is 17.2. The second-order valence-corrected chi connectivity index (χ2v) is 5.37. The van der Waals surface area contributed by atoms with Crippen LogP contribution in [-0.2, 0) is 20.9 Å². The van der Waals surface area contributed by atoms with Crippen LogP contribution in [0.15, 0.2) is 24.3 Å². The van der Waals surface area contributed by atoms with E-state index in [1.807, 2.05) is 12.1 Å². The van der Waals surface area contributed by atoms with Crippen molar-refractivity contribution in [3.8, 4) is 5.75 Å². The van der Waals surface area contributed by atoms with Crippen LogP contribution in [0.3, 0.4) is 0 Å². The lowest BCUT2D eigenvalue weighted by Crippen LogP contribution is -2.39. The topological polar surface area (TPSA) is 129 Å². The molecule has 0 atom stereocenters. The zero-order valence-corrected chi connectivity index (χ0v) is 13.7. The summed E-state index contributed by atoms with van der Waals surface area (Å²) < 4.78 is 0. The summed E-state index contributed by atoms with van der Waals surface area (Å²) in [7, 11) is 0. The minimum absolute atomic E-state index is 0.160. The van der Waals surface area contributed by atoms with E-state index in [2.05, 4.69) is 22.9 Å². The number of benzene rings is 1. The first-order chi connectivity index (χ1) is 12.0. The van der Waals surface area contributed by atoms with Gasteiger partial charge in [0.1, 0.15) is 6.29 Å². The maximum Gasteiger partial charge on any atom is 0.328 e. The number of nitrogens with one attached hydrogen (secondary N) is 3. The lowest BCUT2D eigenvalue weighted by Gasteiger charge is -2.22. The fraction of sp³-hybridized carbons (Fsp3) is 0.375. The van der Waals surface area contributed by atoms with Crippen molar-refractivity contribution >= 4 is 17.6 Å². The molecule has 2 aliphatic heterocycles. The van der Waals surface area contributed by atoms with Gasteiger partial charge in [0.05, 0.1) is 6.61 Å². The van der Waals surface area contributed by atoms with Crippen molar-refractivity contribution in [1.82, 2.24) is 10.6 Å². The van der Waals surface area contributed by atoms with E-state index in [-0.39, 0.29) is 6.29 Å². The van der Waals surface area contributed by atoms with Gasteiger partial charge in [0.2, 0.25) is 0 Å². The minimum Gasteiger partial charge on any atom is -0.478 e. The molecule has 25 heavy (non-hydrogen) atoms. The van der Waals surface area contributed by atoms with Crippen molar-refractivity contribution in [2.75, 3.05) is 25.0 Å². The predicted octanol–water partition coefficient (Wildman–Crippen LogP) is 0.462. The third-order valence-corrected chi connectivity index (χ3v) is 3.63. The van der Waals surface area contributed by atoms with E-state index in [1.165, 1.54) is 11.1 Å². The van der Waals surface area contributed by atoms with Crippen LogP contribution in [0.4, 0.5) is 5.69 Å². The van der Waals surface area contributed by atoms with Crippen molar-refractivity contribution in [1.29, 1.82) is 0 Å². The molecule has 1 fully saturated rings. The van der Waals surface area contributed by atoms with Gasteiger partial charge in [0.15, 0.2) is 5.75 Å². The largest absolute Gasteiger partial charge is 0.478 e. The van der Waals surface area contributed by atoms with Crippen LogP contribution in [0.25, 0.3) is 0 Å². The molecular weight excluding hydrogens is 330 g/mol. The highest BCUT2D eigenvalue weighted by molar-refractivity contribution is 5.89. The van der Waals surface area contributed by atoms with Crippen LogP contribution in [0.1, 0.15) is 11.1 Å². The Kier molecular flexibility index (Phi) is 6.75. The summed E-state index contributed by atoms with van der Waals surface area (Å²) in [6.07, 6.45) is 2.18. The summed E-state index contributed by atoms with van der Waals surface area (Å²) in [5.74, 6) is -1.67. The lowest BCUT2D eigenvalue weighted by molar-refractivity contribution is -0.215. The molecule has 0 unspecified atom stereocenters. The van der Waals surface area contributed by atoms with E-state index >= 15 is 0 Å². The van der Waals surface area contributed by atoms with E-state index in [1.54, 1.807) is 0 Å². The molecule has 5 N–H and O–H groups in total. The van der Waals surface area contributed by atoms with E-state index in [0.717, 1.165) is 30.9 Å². The third kappa shape index (κ3) is 5.75. The van der Waals surface area contributed by atoms with Crippen molar-refractivity contribution in [3.63, 3.8) is 0 Å². The maximum atomic E-state index is 9.55. The molecule has 0 aromatic heterocycles. The molecule has 0 radical (unpaired) electrons. The number of rotatable bonds is 4. The van der Waals surface area contributed by atoms with Crippen LogP contribution in [-0.4, -0.2) is 48.1 Å². The molecule has 1 aromatic carbocycles. The van der Waals surface area contributed by atoms with E-state index in [0.29, 0.717) is 18.8 Å². The number of hydrogen-bond acceptors (Lipinski definition) is 7. The average molecular weight is 351 g/mol. The Morgan fingerprint density at radius 1 is 1.20 bits per heavy atom. The van der Waals surface area contributed by atoms with Crippen molar-refractivity contribution < 1.29 is 29.6 Å². The van der Waals surface area contributed by atoms with Gasteiger partial charge < -0.3 is 20.4 Å². The number of anilines is 1. The molecule has 9 heteroatoms. The number of aliphatic carboxylic acids is 2. The van der Waals surface area contributed by atoms with Crippen LogP contribution in [0, 0.1) is 6.92 Å². The summed E-state index contributed by atoms with van der Waals surface area (Å²) in [4.78, 5) is 29.3. The Balaban J connectivity index is 0.000000242. The van der Waals surface area contributed by atoms with Crippen LogP contribution in [0.2, 0.25) is 0 Å². The summed E-state index contributed by atoms with van der Waals surface area (Å²) in [5.41, 5.74) is 3.61. The molecular formula is C16H21N3O6. The minimum atomic E-state index is -1.26. The molecule has 136 valence electrons. The third-order valence-electron chi connectivity index (χ3n) is 3.63. The smallest absolute Gasteiger partial charge is 0.328 e. The first-order valence-electron chi connectivity index (χ1n) is 7.76. The van der Waals surface area contributed by atoms with Gasteiger partial charge in [-0.1, -0.05) is 0 Å². The van der Waals surface area contributed by atoms with Crippen molar-refractivity contribution in [3.05, 3.63) is 35.4 Å². The van der Waals surface area contributed by atoms with Crippen molar-refractivity contribution in [2.24, 2.45) is 0 Å². The molecule has 3 rings (SSSR count). The Labute approximate surface area is 144 Å². The highest BCUT2D eigenvalue weighted by Crippen LogP contribution is 2.31. The highest BCUT2D eigenvalue weighted by Gasteiger charge is 2.18. The monoisotopic (exact) mass is 351 g/mol. The second kappa shape index (κ2) is 9.02. The van der Waals surface area contributed by atoms with Gasteiger partial charge in [-0.15, -0.1) is 0 Å². The van der Waals surface area contributed by atoms with E-state index < -0.39 is 11.9 Å². The first kappa shape index (κ1) is 18.7. The van der Waals surface area contributed by atoms with Gasteiger partial charge in [-0.05, 0) is 24.6 Å². The SMILES string of the molecule is Cc1c(NC2NCCN2)ccc2c1CCOO2.O=C(O)/C=C/C(=O)O. The molecule has 0 saturated carbocycles. The Morgan fingerprint density at radius 2 is 1.84 bits per heavy atom. The second-order valence-electron chi connectivity index (χ2n) is 5.37. The molecule has 0 spiro atoms. The van der Waals surface area contributed by atoms with Crippen LogP contribution in [0.5, 0.6) is 5.75 Å². The summed E-state index contributed by atoms with van der Waals surface area (Å²) in [6, 6.07) is 3.99. The molecule has 1 aromatic rings. The van der Waals surface area contributed by atoms with Gasteiger partial charge in [-0.3, -0.25) is 10.6 Å². The van der Waals surface area contributed by atoms with Gasteiger partial charge in [0.25, 0.3) is 0 Å². The molecule has 0 amide bonds. The molecule has 0 bridgehead atoms. The molecule has 2 heterocycles. The summed E-state index contributed by atoms with van der Waals surface area (Å²) in [5, 5.41) is 25.7. The van der Waals surface area contributed by atoms with Gasteiger partial charge >= 0.3 is 11.9 Å². The van der Waals surface area contributed by atoms with E-state index in [4.69, 9.17) is 20.0 Å². The van der Waals surface area contributed by atoms with E-state index in [9.17, 15) is 9.59 Å². The first-order valence-corrected chi connectivity index (χ1v) is 7.76. The number of carboxylic acids is 2. The van der Waals surface area contributed by atoms with Crippen LogP contribution < -0.4 is 20.8 Å². The zero-order chi connectivity index (χ0) is 18.2. The fourth-order valence-corrected chi connectivity index (χ4v) is 2.43. The quantitative estimate of drug-likeness (QED) is 0.388. The predicted molar refractivity (Wildman–Crippen MR) is 89.3 cm³/mol. The number of carbonyl (C=O) groups is 2. The number of hydrogen-bond donors (Lipinski definition) is 5. The normalized spacial score (nSPS) is 16.5. The zero-order valence-electron chi connectivity index (χ0n) is 13.7. The lowest BCUT2D eigenvalue weighted by atomic mass is 10.0. The van der Waals surface area contributed by atoms with Gasteiger partial charge in [0, 0.05) is 42.9 Å². The van der Waals surface area contributed by atoms with Crippen molar-refractivity contribution in [2.45, 2.75) is 19.6 Å². The Bertz CT molecular complexity index is 640. The van der Waals surface area contributed by atoms with Crippen LogP contribution >= 0.6 is 0 Å². The maximum absolute atomic E-state index is 9.55. The number of carboxylic acid groups (broad SMARTS) is 2.